The topological polar surface area (TPSA) is 67.4 Å². The van der Waals surface area contributed by atoms with Gasteiger partial charge in [0.05, 0.1) is 19.8 Å². The van der Waals surface area contributed by atoms with E-state index in [9.17, 15) is 4.79 Å². The normalized spacial score (nSPS) is 14.6. The summed E-state index contributed by atoms with van der Waals surface area (Å²) in [5.74, 6) is 1.36. The molecular formula is C17H20N4O2. The number of rotatable bonds is 4. The van der Waals surface area contributed by atoms with Gasteiger partial charge in [0.2, 0.25) is 0 Å². The molecule has 0 atom stereocenters. The first-order valence-electron chi connectivity index (χ1n) is 7.72. The number of nitrogens with one attached hydrogen (secondary N) is 1. The van der Waals surface area contributed by atoms with Crippen LogP contribution in [-0.4, -0.2) is 42.2 Å². The Labute approximate surface area is 135 Å². The number of hydrogen-bond donors (Lipinski definition) is 1. The minimum Gasteiger partial charge on any atom is -0.378 e. The van der Waals surface area contributed by atoms with Crippen LogP contribution in [0.15, 0.2) is 36.5 Å². The summed E-state index contributed by atoms with van der Waals surface area (Å²) in [6.45, 7) is 5.38. The van der Waals surface area contributed by atoms with Gasteiger partial charge in [-0.15, -0.1) is 0 Å². The zero-order chi connectivity index (χ0) is 16.1. The van der Waals surface area contributed by atoms with Crippen molar-refractivity contribution in [2.75, 3.05) is 31.2 Å². The van der Waals surface area contributed by atoms with E-state index in [1.54, 1.807) is 6.20 Å². The molecule has 0 saturated carbocycles. The lowest BCUT2D eigenvalue weighted by Crippen LogP contribution is -2.37. The summed E-state index contributed by atoms with van der Waals surface area (Å²) in [4.78, 5) is 23.0. The molecule has 0 bridgehead atoms. The maximum Gasteiger partial charge on any atom is 0.251 e. The second-order valence-corrected chi connectivity index (χ2v) is 5.48. The molecule has 0 spiro atoms. The quantitative estimate of drug-likeness (QED) is 0.928. The van der Waals surface area contributed by atoms with E-state index in [2.05, 4.69) is 20.2 Å². The molecule has 0 radical (unpaired) electrons. The lowest BCUT2D eigenvalue weighted by atomic mass is 10.1. The third-order valence-corrected chi connectivity index (χ3v) is 3.75. The van der Waals surface area contributed by atoms with E-state index in [4.69, 9.17) is 4.74 Å². The van der Waals surface area contributed by atoms with Gasteiger partial charge in [0.1, 0.15) is 11.6 Å². The molecule has 1 N–H and O–H groups in total. The van der Waals surface area contributed by atoms with Crippen molar-refractivity contribution in [1.82, 2.24) is 15.3 Å². The van der Waals surface area contributed by atoms with Gasteiger partial charge in [-0.3, -0.25) is 4.79 Å². The monoisotopic (exact) mass is 312 g/mol. The largest absolute Gasteiger partial charge is 0.378 e. The first kappa shape index (κ1) is 15.4. The average molecular weight is 312 g/mol. The average Bonchev–Trinajstić information content (AvgIpc) is 2.61. The van der Waals surface area contributed by atoms with Crippen molar-refractivity contribution in [2.45, 2.75) is 13.5 Å². The number of ether oxygens (including phenoxy) is 1. The molecule has 1 aromatic carbocycles. The molecule has 1 amide bonds. The van der Waals surface area contributed by atoms with Crippen LogP contribution < -0.4 is 10.2 Å². The molecule has 1 aromatic heterocycles. The highest BCUT2D eigenvalue weighted by Gasteiger charge is 2.13. The zero-order valence-electron chi connectivity index (χ0n) is 13.2. The molecular weight excluding hydrogens is 292 g/mol. The summed E-state index contributed by atoms with van der Waals surface area (Å²) in [7, 11) is 0. The van der Waals surface area contributed by atoms with Crippen LogP contribution in [0.1, 0.15) is 21.7 Å². The summed E-state index contributed by atoms with van der Waals surface area (Å²) in [6.07, 6.45) is 1.73. The fraction of sp³-hybridized carbons (Fsp3) is 0.353. The van der Waals surface area contributed by atoms with Crippen molar-refractivity contribution in [1.29, 1.82) is 0 Å². The molecule has 2 heterocycles. The van der Waals surface area contributed by atoms with Crippen molar-refractivity contribution in [3.05, 3.63) is 53.5 Å². The smallest absolute Gasteiger partial charge is 0.251 e. The second kappa shape index (κ2) is 7.19. The van der Waals surface area contributed by atoms with Crippen molar-refractivity contribution in [3.8, 4) is 0 Å². The third kappa shape index (κ3) is 4.04. The first-order chi connectivity index (χ1) is 11.2. The number of hydrogen-bond acceptors (Lipinski definition) is 5. The molecule has 3 rings (SSSR count). The highest BCUT2D eigenvalue weighted by molar-refractivity contribution is 5.94. The van der Waals surface area contributed by atoms with Crippen LogP contribution in [0.5, 0.6) is 0 Å². The Bertz CT molecular complexity index is 667. The van der Waals surface area contributed by atoms with E-state index in [1.807, 2.05) is 37.3 Å². The molecule has 1 fully saturated rings. The maximum atomic E-state index is 12.1. The number of carbonyl (C=O) groups is 1. The highest BCUT2D eigenvalue weighted by Crippen LogP contribution is 2.12. The molecule has 120 valence electrons. The molecule has 6 heteroatoms. The fourth-order valence-corrected chi connectivity index (χ4v) is 2.41. The molecule has 0 unspecified atom stereocenters. The van der Waals surface area contributed by atoms with Gasteiger partial charge in [-0.2, -0.15) is 0 Å². The summed E-state index contributed by atoms with van der Waals surface area (Å²) in [6, 6.07) is 9.36. The summed E-state index contributed by atoms with van der Waals surface area (Å²) in [5, 5.41) is 2.86. The molecule has 1 saturated heterocycles. The lowest BCUT2D eigenvalue weighted by molar-refractivity contribution is 0.0950. The Morgan fingerprint density at radius 1 is 1.22 bits per heavy atom. The number of benzene rings is 1. The van der Waals surface area contributed by atoms with Crippen molar-refractivity contribution >= 4 is 11.7 Å². The van der Waals surface area contributed by atoms with Gasteiger partial charge >= 0.3 is 0 Å². The number of nitrogens with zero attached hydrogens (tertiary/aromatic N) is 3. The van der Waals surface area contributed by atoms with Gasteiger partial charge < -0.3 is 15.0 Å². The lowest BCUT2D eigenvalue weighted by Gasteiger charge is -2.27. The van der Waals surface area contributed by atoms with Crippen LogP contribution in [0.2, 0.25) is 0 Å². The zero-order valence-corrected chi connectivity index (χ0v) is 13.2. The van der Waals surface area contributed by atoms with E-state index >= 15 is 0 Å². The predicted octanol–water partition coefficient (Wildman–Crippen LogP) is 1.55. The SMILES string of the molecule is Cc1ccc(C(=O)NCc2nccc(N3CCOCC3)n2)cc1. The molecule has 0 aliphatic carbocycles. The van der Waals surface area contributed by atoms with Gasteiger partial charge in [-0.05, 0) is 25.1 Å². The summed E-state index contributed by atoms with van der Waals surface area (Å²) < 4.78 is 5.35. The van der Waals surface area contributed by atoms with Crippen LogP contribution in [-0.2, 0) is 11.3 Å². The Hall–Kier alpha value is -2.47. The number of anilines is 1. The first-order valence-corrected chi connectivity index (χ1v) is 7.72. The highest BCUT2D eigenvalue weighted by atomic mass is 16.5. The Morgan fingerprint density at radius 3 is 2.70 bits per heavy atom. The van der Waals surface area contributed by atoms with Gasteiger partial charge in [0.25, 0.3) is 5.91 Å². The number of aryl methyl sites for hydroxylation is 1. The van der Waals surface area contributed by atoms with E-state index in [0.717, 1.165) is 24.5 Å². The van der Waals surface area contributed by atoms with Gasteiger partial charge in [0.15, 0.2) is 0 Å². The number of aromatic nitrogens is 2. The maximum absolute atomic E-state index is 12.1. The minimum absolute atomic E-state index is 0.120. The molecule has 1 aliphatic rings. The van der Waals surface area contributed by atoms with Gasteiger partial charge in [-0.1, -0.05) is 17.7 Å². The molecule has 23 heavy (non-hydrogen) atoms. The second-order valence-electron chi connectivity index (χ2n) is 5.48. The van der Waals surface area contributed by atoms with Crippen LogP contribution in [0.4, 0.5) is 5.82 Å². The Morgan fingerprint density at radius 2 is 1.96 bits per heavy atom. The predicted molar refractivity (Wildman–Crippen MR) is 87.4 cm³/mol. The van der Waals surface area contributed by atoms with E-state index in [-0.39, 0.29) is 5.91 Å². The van der Waals surface area contributed by atoms with Gasteiger partial charge in [-0.25, -0.2) is 9.97 Å². The number of morpholine rings is 1. The Balaban J connectivity index is 1.61. The summed E-state index contributed by atoms with van der Waals surface area (Å²) in [5.41, 5.74) is 1.77. The summed E-state index contributed by atoms with van der Waals surface area (Å²) >= 11 is 0. The van der Waals surface area contributed by atoms with Crippen molar-refractivity contribution in [2.24, 2.45) is 0 Å². The van der Waals surface area contributed by atoms with Crippen LogP contribution in [0.3, 0.4) is 0 Å². The van der Waals surface area contributed by atoms with Crippen LogP contribution in [0.25, 0.3) is 0 Å². The molecule has 6 nitrogen and oxygen atoms in total. The number of amides is 1. The molecule has 2 aromatic rings. The number of carbonyl (C=O) groups excluding carboxylic acids is 1. The molecule has 1 aliphatic heterocycles. The van der Waals surface area contributed by atoms with E-state index in [1.165, 1.54) is 0 Å². The fourth-order valence-electron chi connectivity index (χ4n) is 2.41. The van der Waals surface area contributed by atoms with E-state index in [0.29, 0.717) is 31.1 Å². The van der Waals surface area contributed by atoms with E-state index < -0.39 is 0 Å². The van der Waals surface area contributed by atoms with Gasteiger partial charge in [0, 0.05) is 24.8 Å². The standard InChI is InChI=1S/C17H20N4O2/c1-13-2-4-14(5-3-13)17(22)19-12-15-18-7-6-16(20-15)21-8-10-23-11-9-21/h2-7H,8-12H2,1H3,(H,19,22). The van der Waals surface area contributed by atoms with Crippen LogP contribution in [0, 0.1) is 6.92 Å². The van der Waals surface area contributed by atoms with Crippen molar-refractivity contribution in [3.63, 3.8) is 0 Å². The van der Waals surface area contributed by atoms with Crippen molar-refractivity contribution < 1.29 is 9.53 Å². The minimum atomic E-state index is -0.120. The Kier molecular flexibility index (Phi) is 4.83. The van der Waals surface area contributed by atoms with Crippen LogP contribution >= 0.6 is 0 Å². The third-order valence-electron chi connectivity index (χ3n) is 3.75.